The first kappa shape index (κ1) is 15.5. The van der Waals surface area contributed by atoms with Gasteiger partial charge in [-0.2, -0.15) is 0 Å². The zero-order chi connectivity index (χ0) is 15.2. The molecule has 2 rings (SSSR count). The van der Waals surface area contributed by atoms with Crippen LogP contribution in [0.2, 0.25) is 0 Å². The zero-order valence-corrected chi connectivity index (χ0v) is 12.8. The van der Waals surface area contributed by atoms with Gasteiger partial charge in [0.05, 0.1) is 13.5 Å². The van der Waals surface area contributed by atoms with Gasteiger partial charge in [-0.3, -0.25) is 9.59 Å². The summed E-state index contributed by atoms with van der Waals surface area (Å²) in [5, 5.41) is 3.09. The highest BCUT2D eigenvalue weighted by Crippen LogP contribution is 2.22. The van der Waals surface area contributed by atoms with Crippen LogP contribution in [0.4, 0.5) is 0 Å². The smallest absolute Gasteiger partial charge is 0.224 e. The number of hydrogen-bond donors (Lipinski definition) is 1. The molecule has 0 bridgehead atoms. The van der Waals surface area contributed by atoms with Gasteiger partial charge in [-0.1, -0.05) is 19.3 Å². The Morgan fingerprint density at radius 3 is 2.57 bits per heavy atom. The first-order chi connectivity index (χ1) is 10.1. The van der Waals surface area contributed by atoms with Gasteiger partial charge in [0, 0.05) is 17.2 Å². The summed E-state index contributed by atoms with van der Waals surface area (Å²) in [7, 11) is 1.57. The molecule has 0 spiro atoms. The van der Waals surface area contributed by atoms with E-state index in [9.17, 15) is 9.59 Å². The topological polar surface area (TPSA) is 55.4 Å². The minimum atomic E-state index is -0.00779. The van der Waals surface area contributed by atoms with Crippen molar-refractivity contribution in [3.8, 4) is 5.75 Å². The van der Waals surface area contributed by atoms with Crippen molar-refractivity contribution in [2.75, 3.05) is 7.11 Å². The molecule has 4 nitrogen and oxygen atoms in total. The molecule has 4 heteroatoms. The van der Waals surface area contributed by atoms with Crippen molar-refractivity contribution in [2.24, 2.45) is 0 Å². The predicted molar refractivity (Wildman–Crippen MR) is 81.7 cm³/mol. The van der Waals surface area contributed by atoms with Crippen molar-refractivity contribution in [1.82, 2.24) is 5.32 Å². The number of rotatable bonds is 5. The molecule has 1 saturated carbocycles. The third-order valence-electron chi connectivity index (χ3n) is 4.01. The summed E-state index contributed by atoms with van der Waals surface area (Å²) in [6.07, 6.45) is 6.02. The van der Waals surface area contributed by atoms with Crippen LogP contribution in [-0.4, -0.2) is 24.8 Å². The first-order valence-corrected chi connectivity index (χ1v) is 7.57. The highest BCUT2D eigenvalue weighted by molar-refractivity contribution is 5.94. The van der Waals surface area contributed by atoms with Gasteiger partial charge < -0.3 is 10.1 Å². The molecule has 0 atom stereocenters. The van der Waals surface area contributed by atoms with E-state index in [2.05, 4.69) is 5.32 Å². The molecule has 21 heavy (non-hydrogen) atoms. The first-order valence-electron chi connectivity index (χ1n) is 7.57. The number of ketones is 1. The van der Waals surface area contributed by atoms with Crippen LogP contribution in [0.1, 0.15) is 54.9 Å². The molecule has 114 valence electrons. The quantitative estimate of drug-likeness (QED) is 0.848. The Balaban J connectivity index is 2.04. The summed E-state index contributed by atoms with van der Waals surface area (Å²) < 4.78 is 5.28. The molecule has 1 N–H and O–H groups in total. The van der Waals surface area contributed by atoms with E-state index in [1.807, 2.05) is 0 Å². The number of benzene rings is 1. The van der Waals surface area contributed by atoms with Gasteiger partial charge in [0.2, 0.25) is 5.91 Å². The molecule has 0 aromatic heterocycles. The van der Waals surface area contributed by atoms with E-state index >= 15 is 0 Å². The lowest BCUT2D eigenvalue weighted by atomic mass is 9.95. The van der Waals surface area contributed by atoms with Crippen LogP contribution in [0.5, 0.6) is 5.75 Å². The van der Waals surface area contributed by atoms with Gasteiger partial charge in [0.15, 0.2) is 5.78 Å². The van der Waals surface area contributed by atoms with Gasteiger partial charge >= 0.3 is 0 Å². The molecule has 0 radical (unpaired) electrons. The van der Waals surface area contributed by atoms with Crippen molar-refractivity contribution < 1.29 is 14.3 Å². The second kappa shape index (κ2) is 7.25. The molecule has 1 aromatic carbocycles. The maximum Gasteiger partial charge on any atom is 0.224 e. The number of nitrogens with one attached hydrogen (secondary N) is 1. The van der Waals surface area contributed by atoms with Crippen LogP contribution < -0.4 is 10.1 Å². The van der Waals surface area contributed by atoms with Crippen LogP contribution in [0.15, 0.2) is 18.2 Å². The second-order valence-electron chi connectivity index (χ2n) is 5.66. The fourth-order valence-corrected chi connectivity index (χ4v) is 2.83. The van der Waals surface area contributed by atoms with Crippen LogP contribution >= 0.6 is 0 Å². The Bertz CT molecular complexity index is 519. The van der Waals surface area contributed by atoms with Gasteiger partial charge in [0.1, 0.15) is 5.75 Å². The van der Waals surface area contributed by atoms with Crippen molar-refractivity contribution in [2.45, 2.75) is 51.5 Å². The fourth-order valence-electron chi connectivity index (χ4n) is 2.83. The average molecular weight is 289 g/mol. The lowest BCUT2D eigenvalue weighted by molar-refractivity contribution is -0.121. The van der Waals surface area contributed by atoms with E-state index in [0.717, 1.165) is 18.4 Å². The summed E-state index contributed by atoms with van der Waals surface area (Å²) in [5.41, 5.74) is 1.37. The molecule has 1 aromatic rings. The Labute approximate surface area is 125 Å². The van der Waals surface area contributed by atoms with Crippen LogP contribution in [-0.2, 0) is 11.2 Å². The molecular formula is C17H23NO3. The Morgan fingerprint density at radius 2 is 1.95 bits per heavy atom. The monoisotopic (exact) mass is 289 g/mol. The summed E-state index contributed by atoms with van der Waals surface area (Å²) in [6, 6.07) is 5.53. The van der Waals surface area contributed by atoms with E-state index < -0.39 is 0 Å². The third kappa shape index (κ3) is 4.31. The van der Waals surface area contributed by atoms with E-state index in [-0.39, 0.29) is 18.1 Å². The Hall–Kier alpha value is -1.84. The summed E-state index contributed by atoms with van der Waals surface area (Å²) in [4.78, 5) is 23.6. The molecule has 1 aliphatic carbocycles. The van der Waals surface area contributed by atoms with Gasteiger partial charge in [-0.25, -0.2) is 0 Å². The normalized spacial score (nSPS) is 15.5. The van der Waals surface area contributed by atoms with E-state index in [1.54, 1.807) is 25.3 Å². The molecule has 1 amide bonds. The van der Waals surface area contributed by atoms with Crippen molar-refractivity contribution in [1.29, 1.82) is 0 Å². The van der Waals surface area contributed by atoms with Crippen molar-refractivity contribution in [3.05, 3.63) is 29.3 Å². The van der Waals surface area contributed by atoms with Gasteiger partial charge in [-0.15, -0.1) is 0 Å². The number of Topliss-reactive ketones (excluding diaryl/α,β-unsaturated/α-hetero) is 1. The zero-order valence-electron chi connectivity index (χ0n) is 12.8. The van der Waals surface area contributed by atoms with E-state index in [1.165, 1.54) is 26.2 Å². The standard InChI is InChI=1S/C17H23NO3/c1-12(19)13-8-9-16(21-2)14(10-13)11-17(20)18-15-6-4-3-5-7-15/h8-10,15H,3-7,11H2,1-2H3,(H,18,20). The largest absolute Gasteiger partial charge is 0.496 e. The van der Waals surface area contributed by atoms with Crippen molar-refractivity contribution in [3.63, 3.8) is 0 Å². The molecule has 0 aliphatic heterocycles. The molecular weight excluding hydrogens is 266 g/mol. The van der Waals surface area contributed by atoms with Crippen LogP contribution in [0, 0.1) is 0 Å². The van der Waals surface area contributed by atoms with Crippen LogP contribution in [0.3, 0.4) is 0 Å². The molecule has 1 fully saturated rings. The minimum absolute atomic E-state index is 0.000835. The fraction of sp³-hybridized carbons (Fsp3) is 0.529. The van der Waals surface area contributed by atoms with E-state index in [0.29, 0.717) is 17.4 Å². The minimum Gasteiger partial charge on any atom is -0.496 e. The SMILES string of the molecule is COc1ccc(C(C)=O)cc1CC(=O)NC1CCCCC1. The maximum atomic E-state index is 12.2. The van der Waals surface area contributed by atoms with E-state index in [4.69, 9.17) is 4.74 Å². The lowest BCUT2D eigenvalue weighted by Gasteiger charge is -2.23. The van der Waals surface area contributed by atoms with Gasteiger partial charge in [-0.05, 0) is 38.0 Å². The summed E-state index contributed by atoms with van der Waals surface area (Å²) in [6.45, 7) is 1.52. The number of methoxy groups -OCH3 is 1. The van der Waals surface area contributed by atoms with Gasteiger partial charge in [0.25, 0.3) is 0 Å². The maximum absolute atomic E-state index is 12.2. The third-order valence-corrected chi connectivity index (χ3v) is 4.01. The molecule has 1 aliphatic rings. The number of hydrogen-bond acceptors (Lipinski definition) is 3. The highest BCUT2D eigenvalue weighted by atomic mass is 16.5. The van der Waals surface area contributed by atoms with Crippen LogP contribution in [0.25, 0.3) is 0 Å². The number of carbonyl (C=O) groups is 2. The second-order valence-corrected chi connectivity index (χ2v) is 5.66. The number of ether oxygens (including phenoxy) is 1. The highest BCUT2D eigenvalue weighted by Gasteiger charge is 2.17. The number of carbonyl (C=O) groups excluding carboxylic acids is 2. The predicted octanol–water partition coefficient (Wildman–Crippen LogP) is 2.89. The summed E-state index contributed by atoms with van der Waals surface area (Å²) >= 11 is 0. The molecule has 0 heterocycles. The Kier molecular flexibility index (Phi) is 5.37. The summed E-state index contributed by atoms with van der Waals surface area (Å²) in [5.74, 6) is 0.645. The Morgan fingerprint density at radius 1 is 1.24 bits per heavy atom. The number of amides is 1. The van der Waals surface area contributed by atoms with Crippen molar-refractivity contribution >= 4 is 11.7 Å². The average Bonchev–Trinajstić information content (AvgIpc) is 2.48. The molecule has 0 saturated heterocycles. The lowest BCUT2D eigenvalue weighted by Crippen LogP contribution is -2.37. The molecule has 0 unspecified atom stereocenters.